The van der Waals surface area contributed by atoms with Crippen LogP contribution in [0, 0.1) is 5.82 Å². The van der Waals surface area contributed by atoms with Crippen molar-refractivity contribution in [2.45, 2.75) is 39.8 Å². The zero-order valence-electron chi connectivity index (χ0n) is 18.1. The summed E-state index contributed by atoms with van der Waals surface area (Å²) in [4.78, 5) is 4.42. The zero-order valence-corrected chi connectivity index (χ0v) is 18.1. The maximum absolute atomic E-state index is 13.9. The van der Waals surface area contributed by atoms with E-state index < -0.39 is 11.9 Å². The van der Waals surface area contributed by atoms with Gasteiger partial charge in [0, 0.05) is 12.1 Å². The minimum Gasteiger partial charge on any atom is -0.490 e. The van der Waals surface area contributed by atoms with Gasteiger partial charge in [0.2, 0.25) is 0 Å². The lowest BCUT2D eigenvalue weighted by molar-refractivity contribution is 0.182. The number of guanidine groups is 1. The van der Waals surface area contributed by atoms with Crippen molar-refractivity contribution in [3.8, 4) is 11.5 Å². The second-order valence-electron chi connectivity index (χ2n) is 6.70. The van der Waals surface area contributed by atoms with Gasteiger partial charge in [-0.2, -0.15) is 0 Å². The van der Waals surface area contributed by atoms with E-state index in [2.05, 4.69) is 15.6 Å². The molecule has 2 unspecified atom stereocenters. The molecule has 0 saturated carbocycles. The molecule has 2 aromatic rings. The van der Waals surface area contributed by atoms with E-state index >= 15 is 0 Å². The lowest BCUT2D eigenvalue weighted by Crippen LogP contribution is -2.39. The SMILES string of the molecule is CCNC(=NCC(O)c1ccccc1F)NC(C)c1ccc(OCC)c(OCC)c1. The first kappa shape index (κ1) is 23.5. The van der Waals surface area contributed by atoms with Gasteiger partial charge >= 0.3 is 0 Å². The highest BCUT2D eigenvalue weighted by Crippen LogP contribution is 2.30. The molecule has 2 rings (SSSR count). The van der Waals surface area contributed by atoms with E-state index in [9.17, 15) is 9.50 Å². The summed E-state index contributed by atoms with van der Waals surface area (Å²) < 4.78 is 25.2. The number of ether oxygens (including phenoxy) is 2. The van der Waals surface area contributed by atoms with Gasteiger partial charge in [0.15, 0.2) is 17.5 Å². The van der Waals surface area contributed by atoms with Gasteiger partial charge in [-0.1, -0.05) is 24.3 Å². The number of nitrogens with one attached hydrogen (secondary N) is 2. The second-order valence-corrected chi connectivity index (χ2v) is 6.70. The number of hydrogen-bond donors (Lipinski definition) is 3. The van der Waals surface area contributed by atoms with Gasteiger partial charge in [-0.05, 0) is 51.5 Å². The molecule has 164 valence electrons. The molecule has 0 amide bonds. The van der Waals surface area contributed by atoms with Crippen LogP contribution in [0.25, 0.3) is 0 Å². The molecule has 2 atom stereocenters. The highest BCUT2D eigenvalue weighted by atomic mass is 19.1. The van der Waals surface area contributed by atoms with Crippen LogP contribution in [0.5, 0.6) is 11.5 Å². The third-order valence-corrected chi connectivity index (χ3v) is 4.45. The number of benzene rings is 2. The molecule has 3 N–H and O–H groups in total. The van der Waals surface area contributed by atoms with Gasteiger partial charge in [-0.15, -0.1) is 0 Å². The van der Waals surface area contributed by atoms with E-state index in [-0.39, 0.29) is 18.2 Å². The van der Waals surface area contributed by atoms with Crippen molar-refractivity contribution >= 4 is 5.96 Å². The van der Waals surface area contributed by atoms with Crippen LogP contribution < -0.4 is 20.1 Å². The minimum atomic E-state index is -1.02. The van der Waals surface area contributed by atoms with Gasteiger partial charge in [-0.25, -0.2) is 4.39 Å². The summed E-state index contributed by atoms with van der Waals surface area (Å²) in [6, 6.07) is 11.9. The molecule has 0 saturated heterocycles. The van der Waals surface area contributed by atoms with Gasteiger partial charge < -0.3 is 25.2 Å². The first-order chi connectivity index (χ1) is 14.5. The summed E-state index contributed by atoms with van der Waals surface area (Å²) in [5, 5.41) is 16.8. The molecule has 0 aliphatic heterocycles. The summed E-state index contributed by atoms with van der Waals surface area (Å²) >= 11 is 0. The summed E-state index contributed by atoms with van der Waals surface area (Å²) in [5.74, 6) is 1.50. The molecule has 30 heavy (non-hydrogen) atoms. The molecule has 0 fully saturated rings. The van der Waals surface area contributed by atoms with Crippen LogP contribution in [-0.2, 0) is 0 Å². The van der Waals surface area contributed by atoms with Crippen LogP contribution in [0.3, 0.4) is 0 Å². The van der Waals surface area contributed by atoms with Crippen LogP contribution in [0.1, 0.15) is 51.0 Å². The number of halogens is 1. The number of nitrogens with zero attached hydrogens (tertiary/aromatic N) is 1. The van der Waals surface area contributed by atoms with Crippen LogP contribution in [0.15, 0.2) is 47.5 Å². The predicted molar refractivity (Wildman–Crippen MR) is 118 cm³/mol. The normalized spacial score (nSPS) is 13.5. The molecule has 0 radical (unpaired) electrons. The van der Waals surface area contributed by atoms with Crippen molar-refractivity contribution < 1.29 is 19.0 Å². The van der Waals surface area contributed by atoms with Gasteiger partial charge in [0.25, 0.3) is 0 Å². The van der Waals surface area contributed by atoms with E-state index in [0.717, 1.165) is 5.56 Å². The lowest BCUT2D eigenvalue weighted by Gasteiger charge is -2.20. The van der Waals surface area contributed by atoms with Crippen molar-refractivity contribution in [2.75, 3.05) is 26.3 Å². The van der Waals surface area contributed by atoms with Crippen LogP contribution in [0.2, 0.25) is 0 Å². The quantitative estimate of drug-likeness (QED) is 0.403. The molecule has 7 heteroatoms. The Labute approximate surface area is 178 Å². The Morgan fingerprint density at radius 1 is 1.07 bits per heavy atom. The third kappa shape index (κ3) is 6.62. The molecule has 0 bridgehead atoms. The van der Waals surface area contributed by atoms with Gasteiger partial charge in [-0.3, -0.25) is 4.99 Å². The maximum Gasteiger partial charge on any atom is 0.191 e. The van der Waals surface area contributed by atoms with Crippen molar-refractivity contribution in [3.05, 3.63) is 59.4 Å². The van der Waals surface area contributed by atoms with Crippen molar-refractivity contribution in [3.63, 3.8) is 0 Å². The second kappa shape index (κ2) is 12.0. The number of aliphatic imine (C=N–C) groups is 1. The average Bonchev–Trinajstić information content (AvgIpc) is 2.73. The topological polar surface area (TPSA) is 75.1 Å². The third-order valence-electron chi connectivity index (χ3n) is 4.45. The molecular formula is C23H32FN3O3. The summed E-state index contributed by atoms with van der Waals surface area (Å²) in [6.07, 6.45) is -1.02. The molecule has 0 aromatic heterocycles. The standard InChI is InChI=1S/C23H32FN3O3/c1-5-25-23(26-15-20(28)18-10-8-9-11-19(18)24)27-16(4)17-12-13-21(29-6-2)22(14-17)30-7-3/h8-14,16,20,28H,5-7,15H2,1-4H3,(H2,25,26,27). The molecule has 0 spiro atoms. The number of hydrogen-bond acceptors (Lipinski definition) is 4. The first-order valence-electron chi connectivity index (χ1n) is 10.4. The van der Waals surface area contributed by atoms with Crippen LogP contribution in [0.4, 0.5) is 4.39 Å². The molecule has 6 nitrogen and oxygen atoms in total. The van der Waals surface area contributed by atoms with Crippen LogP contribution in [-0.4, -0.2) is 37.4 Å². The fourth-order valence-corrected chi connectivity index (χ4v) is 2.97. The average molecular weight is 418 g/mol. The molecule has 0 heterocycles. The number of aliphatic hydroxyl groups is 1. The molecule has 2 aromatic carbocycles. The van der Waals surface area contributed by atoms with Crippen molar-refractivity contribution in [1.82, 2.24) is 10.6 Å². The Balaban J connectivity index is 2.12. The fraction of sp³-hybridized carbons (Fsp3) is 0.435. The Bertz CT molecular complexity index is 829. The largest absolute Gasteiger partial charge is 0.490 e. The van der Waals surface area contributed by atoms with E-state index in [4.69, 9.17) is 9.47 Å². The van der Waals surface area contributed by atoms with E-state index in [1.165, 1.54) is 6.07 Å². The zero-order chi connectivity index (χ0) is 21.9. The van der Waals surface area contributed by atoms with E-state index in [1.807, 2.05) is 45.9 Å². The lowest BCUT2D eigenvalue weighted by atomic mass is 10.1. The highest BCUT2D eigenvalue weighted by molar-refractivity contribution is 5.80. The van der Waals surface area contributed by atoms with Crippen molar-refractivity contribution in [1.29, 1.82) is 0 Å². The van der Waals surface area contributed by atoms with Crippen LogP contribution >= 0.6 is 0 Å². The molecular weight excluding hydrogens is 385 g/mol. The number of aliphatic hydroxyl groups excluding tert-OH is 1. The molecule has 0 aliphatic carbocycles. The highest BCUT2D eigenvalue weighted by Gasteiger charge is 2.14. The molecule has 0 aliphatic rings. The summed E-state index contributed by atoms with van der Waals surface area (Å²) in [5.41, 5.74) is 1.24. The monoisotopic (exact) mass is 417 g/mol. The Morgan fingerprint density at radius 3 is 2.43 bits per heavy atom. The maximum atomic E-state index is 13.9. The predicted octanol–water partition coefficient (Wildman–Crippen LogP) is 3.97. The smallest absolute Gasteiger partial charge is 0.191 e. The minimum absolute atomic E-state index is 0.0382. The summed E-state index contributed by atoms with van der Waals surface area (Å²) in [6.45, 7) is 9.63. The first-order valence-corrected chi connectivity index (χ1v) is 10.4. The summed E-state index contributed by atoms with van der Waals surface area (Å²) in [7, 11) is 0. The Kier molecular flexibility index (Phi) is 9.41. The van der Waals surface area contributed by atoms with E-state index in [1.54, 1.807) is 18.2 Å². The van der Waals surface area contributed by atoms with Crippen molar-refractivity contribution in [2.24, 2.45) is 4.99 Å². The van der Waals surface area contributed by atoms with Gasteiger partial charge in [0.05, 0.1) is 25.8 Å². The van der Waals surface area contributed by atoms with Gasteiger partial charge in [0.1, 0.15) is 11.9 Å². The Hall–Kier alpha value is -2.80. The Morgan fingerprint density at radius 2 is 1.77 bits per heavy atom. The fourth-order valence-electron chi connectivity index (χ4n) is 2.97. The van der Waals surface area contributed by atoms with E-state index in [0.29, 0.717) is 37.2 Å². The number of rotatable bonds is 10.